The molecule has 1 aromatic carbocycles. The summed E-state index contributed by atoms with van der Waals surface area (Å²) in [6.07, 6.45) is 0. The molecule has 0 bridgehead atoms. The van der Waals surface area contributed by atoms with Crippen LogP contribution in [0.1, 0.15) is 16.7 Å². The summed E-state index contributed by atoms with van der Waals surface area (Å²) >= 11 is 0. The highest BCUT2D eigenvalue weighted by atomic mass is 28.3. The highest BCUT2D eigenvalue weighted by molar-refractivity contribution is 6.83. The highest BCUT2D eigenvalue weighted by Gasteiger charge is 2.07. The van der Waals surface area contributed by atoms with Crippen LogP contribution in [0.4, 0.5) is 0 Å². The molecule has 1 aromatic rings. The largest absolute Gasteiger partial charge is 0.129 e. The van der Waals surface area contributed by atoms with Crippen LogP contribution < -0.4 is 0 Å². The Balaban J connectivity index is 2.98. The number of hydrogen-bond donors (Lipinski definition) is 0. The average molecular weight is 202 g/mol. The van der Waals surface area contributed by atoms with E-state index in [1.54, 1.807) is 0 Å². The van der Waals surface area contributed by atoms with Crippen molar-refractivity contribution < 1.29 is 0 Å². The summed E-state index contributed by atoms with van der Waals surface area (Å²) < 4.78 is 0. The second-order valence-electron chi connectivity index (χ2n) is 4.80. The lowest BCUT2D eigenvalue weighted by Gasteiger charge is -2.04. The van der Waals surface area contributed by atoms with Gasteiger partial charge in [-0.15, -0.1) is 5.54 Å². The Labute approximate surface area is 88.4 Å². The van der Waals surface area contributed by atoms with Gasteiger partial charge >= 0.3 is 0 Å². The van der Waals surface area contributed by atoms with Gasteiger partial charge in [-0.05, 0) is 37.1 Å². The Bertz CT molecular complexity index is 386. The molecule has 74 valence electrons. The van der Waals surface area contributed by atoms with Crippen molar-refractivity contribution in [2.75, 3.05) is 0 Å². The maximum Gasteiger partial charge on any atom is 0.129 e. The molecule has 0 aliphatic heterocycles. The van der Waals surface area contributed by atoms with Crippen molar-refractivity contribution in [2.24, 2.45) is 0 Å². The maximum absolute atomic E-state index is 3.37. The van der Waals surface area contributed by atoms with E-state index in [1.807, 2.05) is 0 Å². The SMILES string of the molecule is Cc1ccc(C#C[Si](C)(C)C)cc1C. The van der Waals surface area contributed by atoms with Crippen molar-refractivity contribution >= 4 is 8.07 Å². The minimum absolute atomic E-state index is 1.15. The molecule has 0 heterocycles. The van der Waals surface area contributed by atoms with E-state index >= 15 is 0 Å². The molecule has 0 aliphatic rings. The molecule has 0 fully saturated rings. The predicted molar refractivity (Wildman–Crippen MR) is 66.1 cm³/mol. The van der Waals surface area contributed by atoms with Crippen LogP contribution in [0, 0.1) is 25.3 Å². The molecule has 0 atom stereocenters. The van der Waals surface area contributed by atoms with E-state index in [9.17, 15) is 0 Å². The number of hydrogen-bond acceptors (Lipinski definition) is 0. The second-order valence-corrected chi connectivity index (χ2v) is 9.55. The third-order valence-corrected chi connectivity index (χ3v) is 2.96. The summed E-state index contributed by atoms with van der Waals surface area (Å²) in [4.78, 5) is 0. The van der Waals surface area contributed by atoms with E-state index in [4.69, 9.17) is 0 Å². The van der Waals surface area contributed by atoms with Gasteiger partial charge in [0, 0.05) is 5.56 Å². The molecule has 0 spiro atoms. The van der Waals surface area contributed by atoms with Crippen LogP contribution in [0.15, 0.2) is 18.2 Å². The van der Waals surface area contributed by atoms with E-state index in [0.717, 1.165) is 5.56 Å². The molecule has 0 radical (unpaired) electrons. The molecule has 14 heavy (non-hydrogen) atoms. The fourth-order valence-corrected chi connectivity index (χ4v) is 1.60. The van der Waals surface area contributed by atoms with Crippen molar-refractivity contribution in [3.63, 3.8) is 0 Å². The third-order valence-electron chi connectivity index (χ3n) is 2.09. The molecule has 0 saturated heterocycles. The van der Waals surface area contributed by atoms with Crippen molar-refractivity contribution in [2.45, 2.75) is 33.5 Å². The van der Waals surface area contributed by atoms with Gasteiger partial charge in [0.05, 0.1) is 0 Å². The van der Waals surface area contributed by atoms with Crippen LogP contribution >= 0.6 is 0 Å². The first-order chi connectivity index (χ1) is 6.38. The van der Waals surface area contributed by atoms with E-state index in [-0.39, 0.29) is 0 Å². The molecule has 1 rings (SSSR count). The molecule has 0 unspecified atom stereocenters. The van der Waals surface area contributed by atoms with Gasteiger partial charge < -0.3 is 0 Å². The lowest BCUT2D eigenvalue weighted by atomic mass is 10.1. The van der Waals surface area contributed by atoms with E-state index in [0.29, 0.717) is 0 Å². The number of aryl methyl sites for hydroxylation is 2. The van der Waals surface area contributed by atoms with Crippen molar-refractivity contribution in [3.8, 4) is 11.5 Å². The minimum Gasteiger partial charge on any atom is -0.127 e. The fraction of sp³-hybridized carbons (Fsp3) is 0.385. The molecule has 0 saturated carbocycles. The first-order valence-corrected chi connectivity index (χ1v) is 8.49. The van der Waals surface area contributed by atoms with Crippen LogP contribution in [-0.2, 0) is 0 Å². The van der Waals surface area contributed by atoms with Gasteiger partial charge in [0.2, 0.25) is 0 Å². The maximum atomic E-state index is 3.37. The van der Waals surface area contributed by atoms with Gasteiger partial charge in [0.25, 0.3) is 0 Å². The van der Waals surface area contributed by atoms with Crippen LogP contribution in [0.3, 0.4) is 0 Å². The second kappa shape index (κ2) is 4.02. The molecular formula is C13H18Si. The van der Waals surface area contributed by atoms with Crippen LogP contribution in [0.5, 0.6) is 0 Å². The Morgan fingerprint density at radius 1 is 1.00 bits per heavy atom. The molecule has 1 heteroatoms. The van der Waals surface area contributed by atoms with Gasteiger partial charge in [0.15, 0.2) is 0 Å². The summed E-state index contributed by atoms with van der Waals surface area (Å²) in [7, 11) is -1.23. The molecule has 0 aromatic heterocycles. The summed E-state index contributed by atoms with van der Waals surface area (Å²) in [5.41, 5.74) is 7.19. The van der Waals surface area contributed by atoms with E-state index in [2.05, 4.69) is 63.2 Å². The van der Waals surface area contributed by atoms with Crippen molar-refractivity contribution in [1.29, 1.82) is 0 Å². The molecule has 0 nitrogen and oxygen atoms in total. The number of rotatable bonds is 0. The van der Waals surface area contributed by atoms with Crippen molar-refractivity contribution in [3.05, 3.63) is 34.9 Å². The first-order valence-electron chi connectivity index (χ1n) is 4.99. The van der Waals surface area contributed by atoms with Gasteiger partial charge in [-0.25, -0.2) is 0 Å². The summed E-state index contributed by atoms with van der Waals surface area (Å²) in [6, 6.07) is 6.42. The monoisotopic (exact) mass is 202 g/mol. The fourth-order valence-electron chi connectivity index (χ4n) is 1.08. The normalized spacial score (nSPS) is 10.6. The summed E-state index contributed by atoms with van der Waals surface area (Å²) in [6.45, 7) is 11.1. The van der Waals surface area contributed by atoms with Crippen LogP contribution in [0.2, 0.25) is 19.6 Å². The molecule has 0 amide bonds. The first kappa shape index (κ1) is 11.1. The third kappa shape index (κ3) is 3.39. The quantitative estimate of drug-likeness (QED) is 0.446. The Kier molecular flexibility index (Phi) is 3.18. The number of benzene rings is 1. The Morgan fingerprint density at radius 3 is 2.14 bits per heavy atom. The van der Waals surface area contributed by atoms with E-state index < -0.39 is 8.07 Å². The zero-order valence-corrected chi connectivity index (χ0v) is 10.7. The summed E-state index contributed by atoms with van der Waals surface area (Å²) in [5.74, 6) is 3.26. The predicted octanol–water partition coefficient (Wildman–Crippen LogP) is 3.53. The molecular weight excluding hydrogens is 184 g/mol. The van der Waals surface area contributed by atoms with Gasteiger partial charge in [-0.1, -0.05) is 31.6 Å². The zero-order chi connectivity index (χ0) is 10.8. The standard InChI is InChI=1S/C13H18Si/c1-11-6-7-13(10-12(11)2)8-9-14(3,4)5/h6-7,10H,1-5H3. The summed E-state index contributed by atoms with van der Waals surface area (Å²) in [5, 5.41) is 0. The lowest BCUT2D eigenvalue weighted by Crippen LogP contribution is -2.16. The zero-order valence-electron chi connectivity index (χ0n) is 9.73. The Hall–Kier alpha value is -1.00. The average Bonchev–Trinajstić information content (AvgIpc) is 2.06. The van der Waals surface area contributed by atoms with E-state index in [1.165, 1.54) is 11.1 Å². The Morgan fingerprint density at radius 2 is 1.64 bits per heavy atom. The van der Waals surface area contributed by atoms with Gasteiger partial charge in [-0.2, -0.15) is 0 Å². The van der Waals surface area contributed by atoms with Crippen LogP contribution in [-0.4, -0.2) is 8.07 Å². The molecule has 0 aliphatic carbocycles. The highest BCUT2D eigenvalue weighted by Crippen LogP contribution is 2.09. The topological polar surface area (TPSA) is 0 Å². The smallest absolute Gasteiger partial charge is 0.127 e. The minimum atomic E-state index is -1.23. The molecule has 0 N–H and O–H groups in total. The van der Waals surface area contributed by atoms with Gasteiger partial charge in [-0.3, -0.25) is 0 Å². The van der Waals surface area contributed by atoms with Crippen LogP contribution in [0.25, 0.3) is 0 Å². The lowest BCUT2D eigenvalue weighted by molar-refractivity contribution is 1.33. The van der Waals surface area contributed by atoms with Gasteiger partial charge in [0.1, 0.15) is 8.07 Å². The van der Waals surface area contributed by atoms with Crippen molar-refractivity contribution in [1.82, 2.24) is 0 Å².